The van der Waals surface area contributed by atoms with Gasteiger partial charge in [0.25, 0.3) is 5.91 Å². The number of benzene rings is 2. The van der Waals surface area contributed by atoms with Gasteiger partial charge in [-0.25, -0.2) is 9.18 Å². The fourth-order valence-corrected chi connectivity index (χ4v) is 4.79. The van der Waals surface area contributed by atoms with Gasteiger partial charge < -0.3 is 26.0 Å². The SMILES string of the molecule is NCCCN1CCC(n2cc3c(nc2=O)Nc2cc(C(=O)NCCc4ccc(F)cc4)ccc2O3)CC1. The molecule has 5 rings (SSSR count). The van der Waals surface area contributed by atoms with Crippen molar-refractivity contribution in [2.75, 3.05) is 38.0 Å². The van der Waals surface area contributed by atoms with Crippen molar-refractivity contribution in [3.8, 4) is 11.5 Å². The van der Waals surface area contributed by atoms with E-state index in [0.717, 1.165) is 44.5 Å². The van der Waals surface area contributed by atoms with E-state index >= 15 is 0 Å². The van der Waals surface area contributed by atoms with E-state index in [9.17, 15) is 14.0 Å². The molecule has 0 unspecified atom stereocenters. The molecule has 1 saturated heterocycles. The van der Waals surface area contributed by atoms with Crippen molar-refractivity contribution in [3.05, 3.63) is 76.1 Å². The predicted octanol–water partition coefficient (Wildman–Crippen LogP) is 3.19. The third kappa shape index (κ3) is 5.81. The van der Waals surface area contributed by atoms with Crippen LogP contribution in [0.1, 0.15) is 41.2 Å². The van der Waals surface area contributed by atoms with Crippen molar-refractivity contribution >= 4 is 17.4 Å². The highest BCUT2D eigenvalue weighted by Crippen LogP contribution is 2.41. The minimum atomic E-state index is -0.326. The normalized spacial score (nSPS) is 15.3. The monoisotopic (exact) mass is 506 g/mol. The van der Waals surface area contributed by atoms with Crippen LogP contribution in [-0.2, 0) is 6.42 Å². The number of ether oxygens (including phenoxy) is 1. The van der Waals surface area contributed by atoms with Crippen LogP contribution in [0.15, 0.2) is 53.5 Å². The quantitative estimate of drug-likeness (QED) is 0.336. The summed E-state index contributed by atoms with van der Waals surface area (Å²) in [7, 11) is 0. The standard InChI is InChI=1S/C27H31FN6O3/c28-20-5-2-18(3-6-20)8-12-30-26(35)19-4-7-23-22(16-19)31-25-24(37-23)17-34(27(36)32-25)21-9-14-33(15-10-21)13-1-11-29/h2-7,16-17,21H,1,8-15,29H2,(H,30,35)(H,31,32,36). The summed E-state index contributed by atoms with van der Waals surface area (Å²) in [6, 6.07) is 11.4. The van der Waals surface area contributed by atoms with E-state index < -0.39 is 0 Å². The first-order chi connectivity index (χ1) is 18.0. The van der Waals surface area contributed by atoms with Crippen LogP contribution in [0, 0.1) is 5.82 Å². The van der Waals surface area contributed by atoms with E-state index in [2.05, 4.69) is 20.5 Å². The average molecular weight is 507 g/mol. The second kappa shape index (κ2) is 11.1. The topological polar surface area (TPSA) is 115 Å². The number of nitrogens with one attached hydrogen (secondary N) is 2. The zero-order chi connectivity index (χ0) is 25.8. The zero-order valence-corrected chi connectivity index (χ0v) is 20.6. The first-order valence-electron chi connectivity index (χ1n) is 12.7. The van der Waals surface area contributed by atoms with Gasteiger partial charge in [-0.2, -0.15) is 4.98 Å². The van der Waals surface area contributed by atoms with Crippen LogP contribution in [-0.4, -0.2) is 53.1 Å². The molecule has 3 heterocycles. The first kappa shape index (κ1) is 24.9. The van der Waals surface area contributed by atoms with Gasteiger partial charge in [0.1, 0.15) is 5.82 Å². The minimum Gasteiger partial charge on any atom is -0.450 e. The van der Waals surface area contributed by atoms with Crippen molar-refractivity contribution in [3.63, 3.8) is 0 Å². The lowest BCUT2D eigenvalue weighted by molar-refractivity contribution is 0.0954. The molecule has 10 heteroatoms. The fourth-order valence-electron chi connectivity index (χ4n) is 4.79. The zero-order valence-electron chi connectivity index (χ0n) is 20.6. The van der Waals surface area contributed by atoms with Crippen LogP contribution in [0.4, 0.5) is 15.9 Å². The van der Waals surface area contributed by atoms with Crippen LogP contribution in [0.25, 0.3) is 0 Å². The van der Waals surface area contributed by atoms with Crippen LogP contribution >= 0.6 is 0 Å². The van der Waals surface area contributed by atoms with Crippen molar-refractivity contribution in [2.45, 2.75) is 31.7 Å². The molecule has 0 saturated carbocycles. The molecule has 1 amide bonds. The van der Waals surface area contributed by atoms with Crippen molar-refractivity contribution in [1.82, 2.24) is 19.8 Å². The second-order valence-electron chi connectivity index (χ2n) is 9.43. The first-order valence-corrected chi connectivity index (χ1v) is 12.7. The molecule has 9 nitrogen and oxygen atoms in total. The molecule has 2 aromatic carbocycles. The molecule has 37 heavy (non-hydrogen) atoms. The maximum Gasteiger partial charge on any atom is 0.350 e. The van der Waals surface area contributed by atoms with E-state index in [4.69, 9.17) is 10.5 Å². The number of nitrogens with two attached hydrogens (primary N) is 1. The van der Waals surface area contributed by atoms with Crippen molar-refractivity contribution in [2.24, 2.45) is 5.73 Å². The lowest BCUT2D eigenvalue weighted by Crippen LogP contribution is -2.39. The van der Waals surface area contributed by atoms with E-state index in [1.165, 1.54) is 12.1 Å². The summed E-state index contributed by atoms with van der Waals surface area (Å²) in [5.74, 6) is 0.848. The van der Waals surface area contributed by atoms with E-state index in [1.807, 2.05) is 0 Å². The molecule has 0 spiro atoms. The Morgan fingerprint density at radius 1 is 1.16 bits per heavy atom. The van der Waals surface area contributed by atoms with Crippen molar-refractivity contribution in [1.29, 1.82) is 0 Å². The summed E-state index contributed by atoms with van der Waals surface area (Å²) in [5, 5.41) is 6.01. The van der Waals surface area contributed by atoms with E-state index in [1.54, 1.807) is 41.1 Å². The van der Waals surface area contributed by atoms with Gasteiger partial charge in [0.2, 0.25) is 0 Å². The van der Waals surface area contributed by atoms with Gasteiger partial charge in [-0.15, -0.1) is 0 Å². The van der Waals surface area contributed by atoms with Gasteiger partial charge in [0.05, 0.1) is 11.9 Å². The summed E-state index contributed by atoms with van der Waals surface area (Å²) >= 11 is 0. The maximum absolute atomic E-state index is 13.0. The number of aromatic nitrogens is 2. The lowest BCUT2D eigenvalue weighted by Gasteiger charge is -2.33. The average Bonchev–Trinajstić information content (AvgIpc) is 2.91. The predicted molar refractivity (Wildman–Crippen MR) is 139 cm³/mol. The van der Waals surface area contributed by atoms with Gasteiger partial charge in [-0.3, -0.25) is 9.36 Å². The van der Waals surface area contributed by atoms with E-state index in [-0.39, 0.29) is 23.5 Å². The molecule has 2 aliphatic rings. The molecule has 0 radical (unpaired) electrons. The van der Waals surface area contributed by atoms with Gasteiger partial charge in [0.15, 0.2) is 17.3 Å². The summed E-state index contributed by atoms with van der Waals surface area (Å²) in [6.45, 7) is 3.93. The number of carbonyl (C=O) groups is 1. The van der Waals surface area contributed by atoms with Gasteiger partial charge in [0, 0.05) is 31.2 Å². The molecule has 4 N–H and O–H groups in total. The Labute approximate surface area is 214 Å². The molecule has 3 aromatic rings. The molecule has 2 aliphatic heterocycles. The number of rotatable bonds is 8. The highest BCUT2D eigenvalue weighted by atomic mass is 19.1. The number of carbonyl (C=O) groups excluding carboxylic acids is 1. The summed E-state index contributed by atoms with van der Waals surface area (Å²) in [5.41, 5.74) is 7.25. The van der Waals surface area contributed by atoms with Crippen LogP contribution in [0.5, 0.6) is 11.5 Å². The Balaban J connectivity index is 1.22. The Morgan fingerprint density at radius 2 is 1.95 bits per heavy atom. The van der Waals surface area contributed by atoms with Crippen LogP contribution in [0.2, 0.25) is 0 Å². The van der Waals surface area contributed by atoms with Crippen LogP contribution in [0.3, 0.4) is 0 Å². The number of piperidine rings is 1. The molecule has 0 aliphatic carbocycles. The Hall–Kier alpha value is -3.76. The number of fused-ring (bicyclic) bond motifs is 2. The maximum atomic E-state index is 13.0. The molecular weight excluding hydrogens is 475 g/mol. The third-order valence-corrected chi connectivity index (χ3v) is 6.87. The van der Waals surface area contributed by atoms with Gasteiger partial charge in [-0.1, -0.05) is 12.1 Å². The number of halogens is 1. The highest BCUT2D eigenvalue weighted by molar-refractivity contribution is 5.96. The van der Waals surface area contributed by atoms with Crippen molar-refractivity contribution < 1.29 is 13.9 Å². The number of likely N-dealkylation sites (tertiary alicyclic amines) is 1. The van der Waals surface area contributed by atoms with E-state index in [0.29, 0.717) is 48.1 Å². The molecule has 0 bridgehead atoms. The largest absolute Gasteiger partial charge is 0.450 e. The fraction of sp³-hybridized carbons (Fsp3) is 0.370. The summed E-state index contributed by atoms with van der Waals surface area (Å²) < 4.78 is 20.8. The molecule has 0 atom stereocenters. The summed E-state index contributed by atoms with van der Waals surface area (Å²) in [4.78, 5) is 32.1. The molecule has 194 valence electrons. The number of nitrogens with zero attached hydrogens (tertiary/aromatic N) is 3. The third-order valence-electron chi connectivity index (χ3n) is 6.87. The minimum absolute atomic E-state index is 0.0744. The molecular formula is C27H31FN6O3. The Bertz CT molecular complexity index is 1320. The number of hydrogen-bond donors (Lipinski definition) is 3. The number of amides is 1. The Kier molecular flexibility index (Phi) is 7.47. The second-order valence-corrected chi connectivity index (χ2v) is 9.43. The van der Waals surface area contributed by atoms with Crippen LogP contribution < -0.4 is 26.8 Å². The molecule has 1 aromatic heterocycles. The lowest BCUT2D eigenvalue weighted by atomic mass is 10.0. The molecule has 1 fully saturated rings. The Morgan fingerprint density at radius 3 is 2.70 bits per heavy atom. The smallest absolute Gasteiger partial charge is 0.350 e. The number of anilines is 2. The highest BCUT2D eigenvalue weighted by Gasteiger charge is 2.25. The van der Waals surface area contributed by atoms with Gasteiger partial charge >= 0.3 is 5.69 Å². The summed E-state index contributed by atoms with van der Waals surface area (Å²) in [6.07, 6.45) is 5.04. The van der Waals surface area contributed by atoms with Gasteiger partial charge in [-0.05, 0) is 74.7 Å². The number of hydrogen-bond acceptors (Lipinski definition) is 7.